The summed E-state index contributed by atoms with van der Waals surface area (Å²) in [5, 5.41) is 11.7. The zero-order chi connectivity index (χ0) is 18.2. The molecule has 0 spiro atoms. The molecule has 9 heteroatoms. The van der Waals surface area contributed by atoms with Crippen LogP contribution in [0.25, 0.3) is 10.2 Å². The molecule has 0 atom stereocenters. The molecule has 0 fully saturated rings. The molecule has 136 valence electrons. The molecule has 1 aromatic heterocycles. The van der Waals surface area contributed by atoms with Crippen LogP contribution in [0.3, 0.4) is 0 Å². The van der Waals surface area contributed by atoms with Gasteiger partial charge in [-0.3, -0.25) is 10.4 Å². The summed E-state index contributed by atoms with van der Waals surface area (Å²) in [6, 6.07) is 12.7. The van der Waals surface area contributed by atoms with Crippen LogP contribution in [0.4, 0.5) is 20.9 Å². The largest absolute Gasteiger partial charge is 0.360 e. The Morgan fingerprint density at radius 3 is 3.11 bits per heavy atom. The summed E-state index contributed by atoms with van der Waals surface area (Å²) in [6.45, 7) is 1.71. The van der Waals surface area contributed by atoms with Gasteiger partial charge in [0, 0.05) is 6.54 Å². The lowest BCUT2D eigenvalue weighted by Gasteiger charge is -2.29. The maximum Gasteiger partial charge on any atom is 0.197 e. The second-order valence-corrected chi connectivity index (χ2v) is 7.14. The van der Waals surface area contributed by atoms with E-state index < -0.39 is 0 Å². The molecule has 0 saturated heterocycles. The molecular formula is C18H16FN7S. The molecule has 2 aliphatic rings. The van der Waals surface area contributed by atoms with E-state index in [0.717, 1.165) is 26.7 Å². The van der Waals surface area contributed by atoms with Crippen LogP contribution in [0.15, 0.2) is 52.6 Å². The molecule has 7 nitrogen and oxygen atoms in total. The Morgan fingerprint density at radius 1 is 1.26 bits per heavy atom. The number of benzene rings is 2. The summed E-state index contributed by atoms with van der Waals surface area (Å²) < 4.78 is 14.7. The molecule has 3 N–H and O–H groups in total. The molecule has 0 bridgehead atoms. The highest BCUT2D eigenvalue weighted by Crippen LogP contribution is 2.32. The van der Waals surface area contributed by atoms with Gasteiger partial charge in [-0.2, -0.15) is 5.10 Å². The summed E-state index contributed by atoms with van der Waals surface area (Å²) >= 11 is 1.63. The maximum atomic E-state index is 13.6. The van der Waals surface area contributed by atoms with Crippen molar-refractivity contribution in [1.82, 2.24) is 10.4 Å². The zero-order valence-electron chi connectivity index (χ0n) is 14.2. The van der Waals surface area contributed by atoms with Gasteiger partial charge in [0.1, 0.15) is 12.5 Å². The molecule has 0 amide bonds. The normalized spacial score (nSPS) is 16.6. The number of hydrogen-bond acceptors (Lipinski definition) is 7. The van der Waals surface area contributed by atoms with Gasteiger partial charge in [0.15, 0.2) is 16.8 Å². The van der Waals surface area contributed by atoms with E-state index in [0.29, 0.717) is 31.4 Å². The van der Waals surface area contributed by atoms with Crippen LogP contribution in [-0.2, 0) is 0 Å². The molecule has 0 aliphatic carbocycles. The first kappa shape index (κ1) is 16.0. The van der Waals surface area contributed by atoms with Crippen molar-refractivity contribution in [1.29, 1.82) is 0 Å². The van der Waals surface area contributed by atoms with E-state index in [-0.39, 0.29) is 5.82 Å². The highest BCUT2D eigenvalue weighted by molar-refractivity contribution is 7.22. The molecule has 3 aromatic rings. The highest BCUT2D eigenvalue weighted by atomic mass is 32.1. The van der Waals surface area contributed by atoms with Gasteiger partial charge in [-0.05, 0) is 30.3 Å². The minimum atomic E-state index is -0.276. The Balaban J connectivity index is 1.29. The van der Waals surface area contributed by atoms with Crippen LogP contribution >= 0.6 is 11.3 Å². The molecule has 5 rings (SSSR count). The topological polar surface area (TPSA) is 76.9 Å². The quantitative estimate of drug-likeness (QED) is 0.606. The van der Waals surface area contributed by atoms with Crippen LogP contribution in [0, 0.1) is 5.82 Å². The van der Waals surface area contributed by atoms with Gasteiger partial charge < -0.3 is 15.5 Å². The van der Waals surface area contributed by atoms with E-state index >= 15 is 0 Å². The van der Waals surface area contributed by atoms with Crippen LogP contribution < -0.4 is 21.0 Å². The van der Waals surface area contributed by atoms with E-state index in [1.807, 2.05) is 23.1 Å². The number of hydrazone groups is 1. The van der Waals surface area contributed by atoms with Gasteiger partial charge in [-0.1, -0.05) is 23.5 Å². The van der Waals surface area contributed by atoms with Gasteiger partial charge in [0.25, 0.3) is 0 Å². The Kier molecular flexibility index (Phi) is 3.86. The first-order chi connectivity index (χ1) is 13.3. The summed E-state index contributed by atoms with van der Waals surface area (Å²) in [7, 11) is 0. The van der Waals surface area contributed by atoms with Gasteiger partial charge in [-0.15, -0.1) is 0 Å². The standard InChI is InChI=1S/C18H16FN7S/c19-11-5-6-12-14(9-11)26-10-22-25-17(26)16(23-12)20-7-8-21-18-24-13-3-1-2-4-15(13)27-18/h1-6,9,22H,7-8,10H2,(H,20,23)(H,21,24). The van der Waals surface area contributed by atoms with E-state index in [9.17, 15) is 4.39 Å². The number of fused-ring (bicyclic) bond motifs is 4. The second kappa shape index (κ2) is 6.51. The number of amidine groups is 2. The Hall–Kier alpha value is -3.20. The monoisotopic (exact) mass is 381 g/mol. The number of para-hydroxylation sites is 1. The van der Waals surface area contributed by atoms with Crippen molar-refractivity contribution in [3.8, 4) is 0 Å². The molecule has 0 saturated carbocycles. The van der Waals surface area contributed by atoms with Crippen molar-refractivity contribution in [3.05, 3.63) is 48.3 Å². The van der Waals surface area contributed by atoms with Crippen LogP contribution in [-0.4, -0.2) is 36.4 Å². The van der Waals surface area contributed by atoms with Crippen LogP contribution in [0.5, 0.6) is 0 Å². The minimum Gasteiger partial charge on any atom is -0.360 e. The van der Waals surface area contributed by atoms with Crippen molar-refractivity contribution >= 4 is 49.7 Å². The predicted molar refractivity (Wildman–Crippen MR) is 108 cm³/mol. The SMILES string of the molecule is Fc1ccc2c(c1)N1CNN=C1C(=NCCNc1nc3ccccc3s1)N2. The van der Waals surface area contributed by atoms with E-state index in [1.54, 1.807) is 17.4 Å². The van der Waals surface area contributed by atoms with Gasteiger partial charge in [0.05, 0.1) is 28.1 Å². The number of rotatable bonds is 4. The average Bonchev–Trinajstić information content (AvgIpc) is 3.32. The lowest BCUT2D eigenvalue weighted by atomic mass is 10.2. The smallest absolute Gasteiger partial charge is 0.197 e. The number of aromatic nitrogens is 1. The average molecular weight is 381 g/mol. The molecule has 3 heterocycles. The third kappa shape index (κ3) is 2.95. The Morgan fingerprint density at radius 2 is 2.19 bits per heavy atom. The zero-order valence-corrected chi connectivity index (χ0v) is 15.1. The predicted octanol–water partition coefficient (Wildman–Crippen LogP) is 3.05. The third-order valence-corrected chi connectivity index (χ3v) is 5.33. The van der Waals surface area contributed by atoms with E-state index in [2.05, 4.69) is 37.2 Å². The molecule has 0 unspecified atom stereocenters. The van der Waals surface area contributed by atoms with Crippen molar-refractivity contribution < 1.29 is 4.39 Å². The van der Waals surface area contributed by atoms with E-state index in [4.69, 9.17) is 0 Å². The van der Waals surface area contributed by atoms with Gasteiger partial charge >= 0.3 is 0 Å². The second-order valence-electron chi connectivity index (χ2n) is 6.11. The first-order valence-corrected chi connectivity index (χ1v) is 9.38. The number of halogens is 1. The van der Waals surface area contributed by atoms with E-state index in [1.165, 1.54) is 12.1 Å². The number of thiazole rings is 1. The summed E-state index contributed by atoms with van der Waals surface area (Å²) in [4.78, 5) is 11.1. The first-order valence-electron chi connectivity index (χ1n) is 8.57. The summed E-state index contributed by atoms with van der Waals surface area (Å²) in [5.41, 5.74) is 5.50. The molecule has 2 aliphatic heterocycles. The van der Waals surface area contributed by atoms with Gasteiger partial charge in [-0.25, -0.2) is 9.37 Å². The fraction of sp³-hybridized carbons (Fsp3) is 0.167. The lowest BCUT2D eigenvalue weighted by molar-refractivity contribution is 0.627. The van der Waals surface area contributed by atoms with Crippen LogP contribution in [0.2, 0.25) is 0 Å². The fourth-order valence-electron chi connectivity index (χ4n) is 3.10. The molecule has 0 radical (unpaired) electrons. The summed E-state index contributed by atoms with van der Waals surface area (Å²) in [6.07, 6.45) is 0. The Labute approximate surface area is 158 Å². The number of hydrogen-bond donors (Lipinski definition) is 3. The lowest BCUT2D eigenvalue weighted by Crippen LogP contribution is -2.42. The van der Waals surface area contributed by atoms with Gasteiger partial charge in [0.2, 0.25) is 0 Å². The van der Waals surface area contributed by atoms with Crippen molar-refractivity contribution in [3.63, 3.8) is 0 Å². The van der Waals surface area contributed by atoms with Crippen molar-refractivity contribution in [2.75, 3.05) is 35.3 Å². The minimum absolute atomic E-state index is 0.276. The fourth-order valence-corrected chi connectivity index (χ4v) is 3.99. The summed E-state index contributed by atoms with van der Waals surface area (Å²) in [5.74, 6) is 1.07. The van der Waals surface area contributed by atoms with Crippen LogP contribution in [0.1, 0.15) is 0 Å². The number of nitrogens with one attached hydrogen (secondary N) is 3. The van der Waals surface area contributed by atoms with Crippen molar-refractivity contribution in [2.45, 2.75) is 0 Å². The Bertz CT molecular complexity index is 1040. The van der Waals surface area contributed by atoms with Crippen molar-refractivity contribution in [2.24, 2.45) is 10.1 Å². The maximum absolute atomic E-state index is 13.6. The molecule has 2 aromatic carbocycles. The number of nitrogens with zero attached hydrogens (tertiary/aromatic N) is 4. The number of aliphatic imine (C=N–C) groups is 1. The highest BCUT2D eigenvalue weighted by Gasteiger charge is 2.30. The third-order valence-electron chi connectivity index (χ3n) is 4.34. The molecular weight excluding hydrogens is 365 g/mol. The number of anilines is 3. The molecule has 27 heavy (non-hydrogen) atoms.